The fourth-order valence-corrected chi connectivity index (χ4v) is 4.26. The van der Waals surface area contributed by atoms with Crippen molar-refractivity contribution in [2.75, 3.05) is 45.8 Å². The molecule has 0 unspecified atom stereocenters. The lowest BCUT2D eigenvalue weighted by atomic mass is 10.2. The third-order valence-electron chi connectivity index (χ3n) is 4.91. The molecule has 1 aromatic carbocycles. The van der Waals surface area contributed by atoms with Crippen molar-refractivity contribution in [2.24, 2.45) is 0 Å². The molecule has 0 radical (unpaired) electrons. The number of nitrogens with zero attached hydrogens (tertiary/aromatic N) is 3. The van der Waals surface area contributed by atoms with Gasteiger partial charge in [0.05, 0.1) is 11.4 Å². The summed E-state index contributed by atoms with van der Waals surface area (Å²) in [4.78, 5) is 53.4. The lowest BCUT2D eigenvalue weighted by Gasteiger charge is -2.33. The largest absolute Gasteiger partial charge is 0.353 e. The molecular formula is C20H23ClN4O4S. The minimum absolute atomic E-state index is 0.0415. The van der Waals surface area contributed by atoms with Crippen LogP contribution in [-0.4, -0.2) is 83.5 Å². The summed E-state index contributed by atoms with van der Waals surface area (Å²) >= 11 is 6.97. The Kier molecular flexibility index (Phi) is 7.52. The Labute approximate surface area is 184 Å². The van der Waals surface area contributed by atoms with E-state index in [1.165, 1.54) is 6.92 Å². The van der Waals surface area contributed by atoms with Gasteiger partial charge in [-0.2, -0.15) is 0 Å². The summed E-state index contributed by atoms with van der Waals surface area (Å²) in [6, 6.07) is 7.08. The first-order chi connectivity index (χ1) is 14.3. The van der Waals surface area contributed by atoms with E-state index in [2.05, 4.69) is 5.32 Å². The van der Waals surface area contributed by atoms with Crippen LogP contribution in [0, 0.1) is 0 Å². The van der Waals surface area contributed by atoms with Crippen LogP contribution in [0.5, 0.6) is 0 Å². The molecule has 2 aliphatic heterocycles. The van der Waals surface area contributed by atoms with Crippen molar-refractivity contribution < 1.29 is 19.2 Å². The first-order valence-electron chi connectivity index (χ1n) is 9.59. The maximum absolute atomic E-state index is 12.5. The van der Waals surface area contributed by atoms with Crippen LogP contribution < -0.4 is 5.32 Å². The van der Waals surface area contributed by atoms with E-state index in [0.717, 1.165) is 16.7 Å². The average molecular weight is 451 g/mol. The molecule has 1 aromatic rings. The Morgan fingerprint density at radius 3 is 2.53 bits per heavy atom. The fraction of sp³-hybridized carbons (Fsp3) is 0.400. The molecule has 8 nitrogen and oxygen atoms in total. The molecule has 2 fully saturated rings. The molecule has 4 amide bonds. The molecule has 2 aliphatic rings. The van der Waals surface area contributed by atoms with Gasteiger partial charge in [0, 0.05) is 51.2 Å². The van der Waals surface area contributed by atoms with Crippen molar-refractivity contribution in [1.82, 2.24) is 20.0 Å². The zero-order valence-corrected chi connectivity index (χ0v) is 18.2. The van der Waals surface area contributed by atoms with Gasteiger partial charge in [-0.05, 0) is 29.5 Å². The molecule has 2 saturated heterocycles. The van der Waals surface area contributed by atoms with Gasteiger partial charge in [0.25, 0.3) is 11.1 Å². The van der Waals surface area contributed by atoms with Crippen LogP contribution >= 0.6 is 23.4 Å². The number of carbonyl (C=O) groups excluding carboxylic acids is 4. The third kappa shape index (κ3) is 5.62. The maximum Gasteiger partial charge on any atom is 0.293 e. The minimum atomic E-state index is -0.389. The third-order valence-corrected chi connectivity index (χ3v) is 6.16. The molecular weight excluding hydrogens is 428 g/mol. The Balaban J connectivity index is 1.45. The molecule has 0 aromatic heterocycles. The number of thioether (sulfide) groups is 1. The van der Waals surface area contributed by atoms with Gasteiger partial charge in [0.2, 0.25) is 11.8 Å². The van der Waals surface area contributed by atoms with Crippen LogP contribution in [0.15, 0.2) is 29.2 Å². The van der Waals surface area contributed by atoms with E-state index in [-0.39, 0.29) is 42.6 Å². The predicted octanol–water partition coefficient (Wildman–Crippen LogP) is 1.66. The first kappa shape index (κ1) is 22.3. The van der Waals surface area contributed by atoms with Gasteiger partial charge in [-0.25, -0.2) is 0 Å². The van der Waals surface area contributed by atoms with E-state index in [4.69, 9.17) is 11.6 Å². The number of rotatable bonds is 6. The Hall–Kier alpha value is -2.36. The second kappa shape index (κ2) is 10.1. The summed E-state index contributed by atoms with van der Waals surface area (Å²) in [7, 11) is 0. The Bertz CT molecular complexity index is 883. The molecule has 0 aliphatic carbocycles. The number of hydrogen-bond acceptors (Lipinski definition) is 6. The summed E-state index contributed by atoms with van der Waals surface area (Å²) in [5, 5.41) is 2.88. The summed E-state index contributed by atoms with van der Waals surface area (Å²) in [6.45, 7) is 4.55. The topological polar surface area (TPSA) is 90.0 Å². The van der Waals surface area contributed by atoms with Gasteiger partial charge >= 0.3 is 0 Å². The lowest BCUT2D eigenvalue weighted by Crippen LogP contribution is -2.51. The Morgan fingerprint density at radius 1 is 1.17 bits per heavy atom. The van der Waals surface area contributed by atoms with Crippen LogP contribution in [0.3, 0.4) is 0 Å². The molecule has 0 saturated carbocycles. The molecule has 0 spiro atoms. The molecule has 10 heteroatoms. The van der Waals surface area contributed by atoms with Crippen LogP contribution in [0.25, 0.3) is 6.08 Å². The van der Waals surface area contributed by atoms with Crippen molar-refractivity contribution in [3.63, 3.8) is 0 Å². The smallest absolute Gasteiger partial charge is 0.293 e. The highest BCUT2D eigenvalue weighted by atomic mass is 35.5. The number of piperazine rings is 1. The highest BCUT2D eigenvalue weighted by molar-refractivity contribution is 8.18. The van der Waals surface area contributed by atoms with Crippen LogP contribution in [0.2, 0.25) is 5.02 Å². The van der Waals surface area contributed by atoms with Gasteiger partial charge in [-0.3, -0.25) is 29.0 Å². The normalized spacial score (nSPS) is 18.9. The average Bonchev–Trinajstić information content (AvgIpc) is 2.97. The zero-order chi connectivity index (χ0) is 21.7. The zero-order valence-electron chi connectivity index (χ0n) is 16.6. The first-order valence-corrected chi connectivity index (χ1v) is 10.8. The Morgan fingerprint density at radius 2 is 1.87 bits per heavy atom. The summed E-state index contributed by atoms with van der Waals surface area (Å²) in [5.41, 5.74) is 0.669. The van der Waals surface area contributed by atoms with Crippen LogP contribution in [-0.2, 0) is 14.4 Å². The standard InChI is InChI=1S/C20H23ClN4O4S/c1-14(26)24-10-8-23(9-11-24)13-18(27)22-6-7-25-19(28)17(30-20(25)29)12-15-4-2-3-5-16(15)21/h2-5,12H,6-11,13H2,1H3,(H,22,27)/b17-12-. The fourth-order valence-electron chi connectivity index (χ4n) is 3.21. The number of amides is 4. The second-order valence-electron chi connectivity index (χ2n) is 6.99. The SMILES string of the molecule is CC(=O)N1CCN(CC(=O)NCCN2C(=O)S/C(=C\c3ccccc3Cl)C2=O)CC1. The van der Waals surface area contributed by atoms with E-state index in [1.54, 1.807) is 35.2 Å². The highest BCUT2D eigenvalue weighted by Crippen LogP contribution is 2.33. The summed E-state index contributed by atoms with van der Waals surface area (Å²) in [6.07, 6.45) is 1.60. The lowest BCUT2D eigenvalue weighted by molar-refractivity contribution is -0.131. The van der Waals surface area contributed by atoms with Crippen molar-refractivity contribution >= 4 is 52.4 Å². The molecule has 3 rings (SSSR count). The maximum atomic E-state index is 12.5. The number of nitrogens with one attached hydrogen (secondary N) is 1. The van der Waals surface area contributed by atoms with E-state index < -0.39 is 0 Å². The summed E-state index contributed by atoms with van der Waals surface area (Å²) in [5.74, 6) is -0.524. The molecule has 0 atom stereocenters. The molecule has 2 heterocycles. The van der Waals surface area contributed by atoms with E-state index in [0.29, 0.717) is 41.7 Å². The van der Waals surface area contributed by atoms with Crippen molar-refractivity contribution in [2.45, 2.75) is 6.92 Å². The van der Waals surface area contributed by atoms with Crippen molar-refractivity contribution in [1.29, 1.82) is 0 Å². The van der Waals surface area contributed by atoms with Gasteiger partial charge < -0.3 is 10.2 Å². The monoisotopic (exact) mass is 450 g/mol. The number of hydrogen-bond donors (Lipinski definition) is 1. The van der Waals surface area contributed by atoms with Gasteiger partial charge in [-0.1, -0.05) is 29.8 Å². The quantitative estimate of drug-likeness (QED) is 0.663. The predicted molar refractivity (Wildman–Crippen MR) is 116 cm³/mol. The van der Waals surface area contributed by atoms with Crippen LogP contribution in [0.1, 0.15) is 12.5 Å². The minimum Gasteiger partial charge on any atom is -0.353 e. The number of imide groups is 1. The number of carbonyl (C=O) groups is 4. The van der Waals surface area contributed by atoms with Crippen molar-refractivity contribution in [3.05, 3.63) is 39.8 Å². The number of benzene rings is 1. The molecule has 0 bridgehead atoms. The van der Waals surface area contributed by atoms with Crippen molar-refractivity contribution in [3.8, 4) is 0 Å². The highest BCUT2D eigenvalue weighted by Gasteiger charge is 2.34. The molecule has 1 N–H and O–H groups in total. The summed E-state index contributed by atoms with van der Waals surface area (Å²) < 4.78 is 0. The molecule has 160 valence electrons. The number of halogens is 1. The second-order valence-corrected chi connectivity index (χ2v) is 8.39. The van der Waals surface area contributed by atoms with Gasteiger partial charge in [0.1, 0.15) is 0 Å². The van der Waals surface area contributed by atoms with E-state index in [1.807, 2.05) is 4.90 Å². The molecule has 30 heavy (non-hydrogen) atoms. The van der Waals surface area contributed by atoms with Gasteiger partial charge in [0.15, 0.2) is 0 Å². The van der Waals surface area contributed by atoms with Gasteiger partial charge in [-0.15, -0.1) is 0 Å². The van der Waals surface area contributed by atoms with E-state index in [9.17, 15) is 19.2 Å². The van der Waals surface area contributed by atoms with Crippen LogP contribution in [0.4, 0.5) is 4.79 Å². The van der Waals surface area contributed by atoms with E-state index >= 15 is 0 Å².